The van der Waals surface area contributed by atoms with Gasteiger partial charge in [0.25, 0.3) is 0 Å². The Labute approximate surface area is 202 Å². The molecule has 1 unspecified atom stereocenters. The van der Waals surface area contributed by atoms with E-state index in [1.54, 1.807) is 30.7 Å². The average Bonchev–Trinajstić information content (AvgIpc) is 3.56. The maximum Gasteiger partial charge on any atom is 0.221 e. The third kappa shape index (κ3) is 5.24. The molecule has 1 amide bonds. The lowest BCUT2D eigenvalue weighted by Crippen LogP contribution is -2.25. The third-order valence-electron chi connectivity index (χ3n) is 5.80. The van der Waals surface area contributed by atoms with E-state index in [9.17, 15) is 9.18 Å². The van der Waals surface area contributed by atoms with Gasteiger partial charge in [-0.3, -0.25) is 4.79 Å². The summed E-state index contributed by atoms with van der Waals surface area (Å²) in [5, 5.41) is 2.88. The Morgan fingerprint density at radius 3 is 2.74 bits per heavy atom. The molecular formula is C28H24FN3O3. The molecule has 5 rings (SSSR count). The van der Waals surface area contributed by atoms with Crippen molar-refractivity contribution in [1.29, 1.82) is 0 Å². The molecule has 5 aromatic rings. The van der Waals surface area contributed by atoms with E-state index in [1.165, 1.54) is 12.1 Å². The molecule has 3 aromatic heterocycles. The highest BCUT2D eigenvalue weighted by Gasteiger charge is 2.23. The number of carbonyl (C=O) groups is 1. The van der Waals surface area contributed by atoms with Gasteiger partial charge in [0.15, 0.2) is 11.4 Å². The Morgan fingerprint density at radius 2 is 1.94 bits per heavy atom. The number of halogens is 1. The second-order valence-electron chi connectivity index (χ2n) is 8.19. The van der Waals surface area contributed by atoms with Gasteiger partial charge in [-0.25, -0.2) is 9.37 Å². The summed E-state index contributed by atoms with van der Waals surface area (Å²) in [6.45, 7) is 0.692. The SMILES string of the molecule is O=C(CC(c1cccc(F)c1)c1cnc2c(OCc3ccccc3)cccn12)NCc1ccco1. The summed E-state index contributed by atoms with van der Waals surface area (Å²) in [6.07, 6.45) is 5.28. The number of amides is 1. The molecule has 0 aliphatic carbocycles. The van der Waals surface area contributed by atoms with E-state index in [1.807, 2.05) is 59.1 Å². The summed E-state index contributed by atoms with van der Waals surface area (Å²) in [5.41, 5.74) is 3.14. The van der Waals surface area contributed by atoms with Crippen LogP contribution in [0.25, 0.3) is 5.65 Å². The number of nitrogens with zero attached hydrogens (tertiary/aromatic N) is 2. The van der Waals surface area contributed by atoms with Gasteiger partial charge in [-0.1, -0.05) is 42.5 Å². The third-order valence-corrected chi connectivity index (χ3v) is 5.80. The lowest BCUT2D eigenvalue weighted by Gasteiger charge is -2.18. The monoisotopic (exact) mass is 469 g/mol. The molecule has 1 atom stereocenters. The highest BCUT2D eigenvalue weighted by molar-refractivity contribution is 5.77. The van der Waals surface area contributed by atoms with E-state index in [-0.39, 0.29) is 24.7 Å². The molecular weight excluding hydrogens is 445 g/mol. The van der Waals surface area contributed by atoms with Gasteiger partial charge < -0.3 is 18.9 Å². The van der Waals surface area contributed by atoms with Crippen LogP contribution in [0.5, 0.6) is 5.75 Å². The summed E-state index contributed by atoms with van der Waals surface area (Å²) >= 11 is 0. The van der Waals surface area contributed by atoms with Crippen LogP contribution in [0.1, 0.15) is 34.9 Å². The van der Waals surface area contributed by atoms with E-state index >= 15 is 0 Å². The van der Waals surface area contributed by atoms with Crippen LogP contribution in [0, 0.1) is 5.82 Å². The lowest BCUT2D eigenvalue weighted by molar-refractivity contribution is -0.121. The second-order valence-corrected chi connectivity index (χ2v) is 8.19. The number of nitrogens with one attached hydrogen (secondary N) is 1. The first-order valence-electron chi connectivity index (χ1n) is 11.3. The summed E-state index contributed by atoms with van der Waals surface area (Å²) in [6, 6.07) is 23.5. The van der Waals surface area contributed by atoms with Crippen molar-refractivity contribution in [3.63, 3.8) is 0 Å². The fourth-order valence-corrected chi connectivity index (χ4v) is 4.08. The van der Waals surface area contributed by atoms with Crippen LogP contribution in [0.4, 0.5) is 4.39 Å². The first-order chi connectivity index (χ1) is 17.2. The van der Waals surface area contributed by atoms with Gasteiger partial charge in [0.2, 0.25) is 5.91 Å². The number of aromatic nitrogens is 2. The number of carbonyl (C=O) groups excluding carboxylic acids is 1. The molecule has 0 radical (unpaired) electrons. The Bertz CT molecular complexity index is 1410. The molecule has 2 aromatic carbocycles. The molecule has 0 fully saturated rings. The average molecular weight is 470 g/mol. The van der Waals surface area contributed by atoms with E-state index < -0.39 is 5.92 Å². The predicted octanol–water partition coefficient (Wildman–Crippen LogP) is 5.48. The number of benzene rings is 2. The minimum atomic E-state index is -0.415. The van der Waals surface area contributed by atoms with Crippen LogP contribution in [-0.4, -0.2) is 15.3 Å². The van der Waals surface area contributed by atoms with Crippen molar-refractivity contribution >= 4 is 11.6 Å². The molecule has 35 heavy (non-hydrogen) atoms. The molecule has 0 aliphatic heterocycles. The smallest absolute Gasteiger partial charge is 0.221 e. The molecule has 0 saturated heterocycles. The molecule has 1 N–H and O–H groups in total. The van der Waals surface area contributed by atoms with Crippen molar-refractivity contribution in [3.8, 4) is 5.75 Å². The minimum Gasteiger partial charge on any atom is -0.485 e. The number of rotatable bonds is 9. The fraction of sp³-hybridized carbons (Fsp3) is 0.143. The number of imidazole rings is 1. The zero-order valence-electron chi connectivity index (χ0n) is 18.9. The van der Waals surface area contributed by atoms with Gasteiger partial charge in [-0.2, -0.15) is 0 Å². The molecule has 0 aliphatic rings. The van der Waals surface area contributed by atoms with Gasteiger partial charge in [0.05, 0.1) is 18.5 Å². The van der Waals surface area contributed by atoms with Crippen LogP contribution in [0.15, 0.2) is 102 Å². The van der Waals surface area contributed by atoms with Gasteiger partial charge in [-0.05, 0) is 47.5 Å². The highest BCUT2D eigenvalue weighted by atomic mass is 19.1. The second kappa shape index (κ2) is 10.3. The largest absolute Gasteiger partial charge is 0.485 e. The van der Waals surface area contributed by atoms with Crippen LogP contribution < -0.4 is 10.1 Å². The fourth-order valence-electron chi connectivity index (χ4n) is 4.08. The van der Waals surface area contributed by atoms with Gasteiger partial charge in [0, 0.05) is 24.7 Å². The summed E-state index contributed by atoms with van der Waals surface area (Å²) < 4.78 is 27.4. The standard InChI is InChI=1S/C28H24FN3O3/c29-22-10-4-9-21(15-22)24(16-27(33)30-17-23-11-6-14-34-23)25-18-31-28-26(12-5-13-32(25)28)35-19-20-7-2-1-3-8-20/h1-15,18,24H,16-17,19H2,(H,30,33). The van der Waals surface area contributed by atoms with Gasteiger partial charge >= 0.3 is 0 Å². The highest BCUT2D eigenvalue weighted by Crippen LogP contribution is 2.31. The molecule has 0 bridgehead atoms. The van der Waals surface area contributed by atoms with Crippen LogP contribution >= 0.6 is 0 Å². The molecule has 6 nitrogen and oxygen atoms in total. The van der Waals surface area contributed by atoms with Crippen molar-refractivity contribution in [1.82, 2.24) is 14.7 Å². The van der Waals surface area contributed by atoms with Crippen molar-refractivity contribution in [2.45, 2.75) is 25.5 Å². The maximum atomic E-state index is 14.1. The first-order valence-corrected chi connectivity index (χ1v) is 11.3. The predicted molar refractivity (Wildman–Crippen MR) is 129 cm³/mol. The Kier molecular flexibility index (Phi) is 6.57. The van der Waals surface area contributed by atoms with Gasteiger partial charge in [-0.15, -0.1) is 0 Å². The first kappa shape index (κ1) is 22.4. The molecule has 0 saturated carbocycles. The Balaban J connectivity index is 1.43. The maximum absolute atomic E-state index is 14.1. The normalized spacial score (nSPS) is 11.9. The zero-order valence-corrected chi connectivity index (χ0v) is 18.9. The summed E-state index contributed by atoms with van der Waals surface area (Å²) in [5.74, 6) is 0.339. The summed E-state index contributed by atoms with van der Waals surface area (Å²) in [4.78, 5) is 17.5. The molecule has 0 spiro atoms. The molecule has 176 valence electrons. The van der Waals surface area contributed by atoms with Crippen LogP contribution in [0.3, 0.4) is 0 Å². The topological polar surface area (TPSA) is 68.8 Å². The number of pyridine rings is 1. The number of hydrogen-bond donors (Lipinski definition) is 1. The van der Waals surface area contributed by atoms with Crippen LogP contribution in [-0.2, 0) is 17.9 Å². The van der Waals surface area contributed by atoms with Gasteiger partial charge in [0.1, 0.15) is 18.2 Å². The van der Waals surface area contributed by atoms with Crippen molar-refractivity contribution in [2.75, 3.05) is 0 Å². The summed E-state index contributed by atoms with van der Waals surface area (Å²) in [7, 11) is 0. The minimum absolute atomic E-state index is 0.118. The Hall–Kier alpha value is -4.39. The molecule has 3 heterocycles. The number of fused-ring (bicyclic) bond motifs is 1. The lowest BCUT2D eigenvalue weighted by atomic mass is 9.92. The van der Waals surface area contributed by atoms with Crippen molar-refractivity contribution in [3.05, 3.63) is 126 Å². The van der Waals surface area contributed by atoms with E-state index in [4.69, 9.17) is 9.15 Å². The van der Waals surface area contributed by atoms with Crippen LogP contribution in [0.2, 0.25) is 0 Å². The number of ether oxygens (including phenoxy) is 1. The molecule has 7 heteroatoms. The number of furan rings is 1. The number of hydrogen-bond acceptors (Lipinski definition) is 4. The Morgan fingerprint density at radius 1 is 1.06 bits per heavy atom. The van der Waals surface area contributed by atoms with Crippen molar-refractivity contribution < 1.29 is 18.3 Å². The van der Waals surface area contributed by atoms with E-state index in [0.717, 1.165) is 11.3 Å². The van der Waals surface area contributed by atoms with Crippen molar-refractivity contribution in [2.24, 2.45) is 0 Å². The quantitative estimate of drug-likeness (QED) is 0.310. The van der Waals surface area contributed by atoms with E-state index in [0.29, 0.717) is 29.3 Å². The zero-order chi connectivity index (χ0) is 24.0. The van der Waals surface area contributed by atoms with E-state index in [2.05, 4.69) is 10.3 Å².